The Labute approximate surface area is 142 Å². The second-order valence-corrected chi connectivity index (χ2v) is 6.54. The van der Waals surface area contributed by atoms with Gasteiger partial charge in [0.05, 0.1) is 11.4 Å². The van der Waals surface area contributed by atoms with Crippen molar-refractivity contribution in [2.75, 3.05) is 31.1 Å². The minimum Gasteiger partial charge on any atom is -0.361 e. The molecule has 0 unspecified atom stereocenters. The van der Waals surface area contributed by atoms with Gasteiger partial charge in [-0.15, -0.1) is 0 Å². The summed E-state index contributed by atoms with van der Waals surface area (Å²) in [6.45, 7) is 9.13. The van der Waals surface area contributed by atoms with E-state index < -0.39 is 0 Å². The van der Waals surface area contributed by atoms with E-state index in [1.165, 1.54) is 16.5 Å². The van der Waals surface area contributed by atoms with Crippen molar-refractivity contribution in [3.63, 3.8) is 0 Å². The minimum absolute atomic E-state index is 0.983. The Morgan fingerprint density at radius 2 is 1.92 bits per heavy atom. The van der Waals surface area contributed by atoms with Crippen molar-refractivity contribution in [2.24, 2.45) is 0 Å². The fraction of sp³-hybridized carbons (Fsp3) is 0.368. The molecule has 3 aromatic rings. The van der Waals surface area contributed by atoms with E-state index in [2.05, 4.69) is 49.0 Å². The quantitative estimate of drug-likeness (QED) is 0.806. The lowest BCUT2D eigenvalue weighted by Gasteiger charge is -2.36. The van der Waals surface area contributed by atoms with Crippen LogP contribution in [0.3, 0.4) is 0 Å². The number of nitrogens with one attached hydrogen (secondary N) is 1. The molecule has 0 atom stereocenters. The van der Waals surface area contributed by atoms with Gasteiger partial charge in [0.25, 0.3) is 0 Å². The number of H-pyrrole nitrogens is 1. The van der Waals surface area contributed by atoms with E-state index in [4.69, 9.17) is 0 Å². The van der Waals surface area contributed by atoms with Crippen molar-refractivity contribution >= 4 is 16.7 Å². The predicted octanol–water partition coefficient (Wildman–Crippen LogP) is 2.90. The summed E-state index contributed by atoms with van der Waals surface area (Å²) < 4.78 is 0. The molecule has 1 aliphatic rings. The number of piperazine rings is 1. The van der Waals surface area contributed by atoms with Crippen molar-refractivity contribution in [1.82, 2.24) is 19.9 Å². The average Bonchev–Trinajstić information content (AvgIpc) is 3.08. The number of rotatable bonds is 3. The van der Waals surface area contributed by atoms with Crippen molar-refractivity contribution in [3.8, 4) is 0 Å². The molecule has 2 aromatic heterocycles. The third-order valence-electron chi connectivity index (χ3n) is 4.79. The van der Waals surface area contributed by atoms with Gasteiger partial charge in [0.2, 0.25) is 0 Å². The molecular weight excluding hydrogens is 298 g/mol. The zero-order chi connectivity index (χ0) is 16.5. The Morgan fingerprint density at radius 1 is 1.08 bits per heavy atom. The number of anilines is 1. The molecule has 0 saturated carbocycles. The highest BCUT2D eigenvalue weighted by molar-refractivity contribution is 5.82. The first-order chi connectivity index (χ1) is 11.7. The topological polar surface area (TPSA) is 48.1 Å². The molecule has 4 rings (SSSR count). The van der Waals surface area contributed by atoms with E-state index in [0.29, 0.717) is 0 Å². The highest BCUT2D eigenvalue weighted by atomic mass is 15.3. The summed E-state index contributed by atoms with van der Waals surface area (Å²) in [5.41, 5.74) is 4.64. The number of para-hydroxylation sites is 1. The standard InChI is InChI=1S/C19H23N5/c1-14-12-21-15(2)19(22-14)24-10-8-23(9-11-24)13-17-5-3-4-16-6-7-20-18(16)17/h3-7,12,20H,8-11,13H2,1-2H3. The largest absolute Gasteiger partial charge is 0.361 e. The molecule has 5 heteroatoms. The lowest BCUT2D eigenvalue weighted by Crippen LogP contribution is -2.46. The number of hydrogen-bond acceptors (Lipinski definition) is 4. The number of aromatic nitrogens is 3. The van der Waals surface area contributed by atoms with Gasteiger partial charge in [-0.2, -0.15) is 0 Å². The van der Waals surface area contributed by atoms with E-state index >= 15 is 0 Å². The van der Waals surface area contributed by atoms with Crippen molar-refractivity contribution in [1.29, 1.82) is 0 Å². The van der Waals surface area contributed by atoms with Gasteiger partial charge in [-0.3, -0.25) is 9.88 Å². The van der Waals surface area contributed by atoms with Gasteiger partial charge in [-0.05, 0) is 30.9 Å². The van der Waals surface area contributed by atoms with E-state index in [1.54, 1.807) is 0 Å². The van der Waals surface area contributed by atoms with E-state index in [0.717, 1.165) is 49.9 Å². The van der Waals surface area contributed by atoms with Crippen LogP contribution in [0, 0.1) is 13.8 Å². The van der Waals surface area contributed by atoms with Crippen LogP contribution in [0.15, 0.2) is 36.7 Å². The van der Waals surface area contributed by atoms with Crippen molar-refractivity contribution in [2.45, 2.75) is 20.4 Å². The summed E-state index contributed by atoms with van der Waals surface area (Å²) in [4.78, 5) is 17.4. The molecule has 0 aliphatic carbocycles. The van der Waals surface area contributed by atoms with Crippen LogP contribution in [0.2, 0.25) is 0 Å². The van der Waals surface area contributed by atoms with Gasteiger partial charge < -0.3 is 9.88 Å². The van der Waals surface area contributed by atoms with Crippen LogP contribution in [0.4, 0.5) is 5.82 Å². The van der Waals surface area contributed by atoms with Crippen LogP contribution in [-0.4, -0.2) is 46.0 Å². The summed E-state index contributed by atoms with van der Waals surface area (Å²) in [5.74, 6) is 1.04. The monoisotopic (exact) mass is 321 g/mol. The number of fused-ring (bicyclic) bond motifs is 1. The summed E-state index contributed by atoms with van der Waals surface area (Å²) in [7, 11) is 0. The summed E-state index contributed by atoms with van der Waals surface area (Å²) >= 11 is 0. The maximum absolute atomic E-state index is 4.68. The Hall–Kier alpha value is -2.40. The van der Waals surface area contributed by atoms with Gasteiger partial charge >= 0.3 is 0 Å². The van der Waals surface area contributed by atoms with Crippen LogP contribution in [0.25, 0.3) is 10.9 Å². The van der Waals surface area contributed by atoms with Gasteiger partial charge in [0.15, 0.2) is 0 Å². The normalized spacial score (nSPS) is 16.0. The third kappa shape index (κ3) is 2.87. The van der Waals surface area contributed by atoms with Crippen LogP contribution in [0.5, 0.6) is 0 Å². The van der Waals surface area contributed by atoms with Gasteiger partial charge in [-0.1, -0.05) is 18.2 Å². The molecule has 1 aromatic carbocycles. The molecule has 0 amide bonds. The van der Waals surface area contributed by atoms with Gasteiger partial charge in [-0.25, -0.2) is 4.98 Å². The lowest BCUT2D eigenvalue weighted by molar-refractivity contribution is 0.250. The summed E-state index contributed by atoms with van der Waals surface area (Å²) in [5, 5.41) is 1.29. The second kappa shape index (κ2) is 6.24. The number of aromatic amines is 1. The van der Waals surface area contributed by atoms with Gasteiger partial charge in [0, 0.05) is 50.6 Å². The average molecular weight is 321 g/mol. The third-order valence-corrected chi connectivity index (χ3v) is 4.79. The molecule has 5 nitrogen and oxygen atoms in total. The van der Waals surface area contributed by atoms with Crippen molar-refractivity contribution < 1.29 is 0 Å². The first-order valence-electron chi connectivity index (χ1n) is 8.53. The molecule has 1 saturated heterocycles. The van der Waals surface area contributed by atoms with Crippen molar-refractivity contribution in [3.05, 3.63) is 53.6 Å². The van der Waals surface area contributed by atoms with Crippen LogP contribution >= 0.6 is 0 Å². The predicted molar refractivity (Wildman–Crippen MR) is 97.3 cm³/mol. The molecule has 1 aliphatic heterocycles. The molecule has 1 N–H and O–H groups in total. The fourth-order valence-electron chi connectivity index (χ4n) is 3.46. The van der Waals surface area contributed by atoms with Gasteiger partial charge in [0.1, 0.15) is 5.82 Å². The highest BCUT2D eigenvalue weighted by Gasteiger charge is 2.20. The smallest absolute Gasteiger partial charge is 0.150 e. The minimum atomic E-state index is 0.983. The van der Waals surface area contributed by atoms with Crippen LogP contribution in [-0.2, 0) is 6.54 Å². The maximum Gasteiger partial charge on any atom is 0.150 e. The molecular formula is C19H23N5. The first kappa shape index (κ1) is 15.1. The fourth-order valence-corrected chi connectivity index (χ4v) is 3.46. The lowest BCUT2D eigenvalue weighted by atomic mass is 10.1. The van der Waals surface area contributed by atoms with Crippen LogP contribution < -0.4 is 4.90 Å². The number of benzene rings is 1. The molecule has 124 valence electrons. The zero-order valence-corrected chi connectivity index (χ0v) is 14.3. The highest BCUT2D eigenvalue weighted by Crippen LogP contribution is 2.21. The molecule has 0 radical (unpaired) electrons. The number of hydrogen-bond donors (Lipinski definition) is 1. The Morgan fingerprint density at radius 3 is 2.75 bits per heavy atom. The molecule has 1 fully saturated rings. The Bertz CT molecular complexity index is 846. The summed E-state index contributed by atoms with van der Waals surface area (Å²) in [6.07, 6.45) is 3.86. The second-order valence-electron chi connectivity index (χ2n) is 6.54. The number of aryl methyl sites for hydroxylation is 2. The Kier molecular flexibility index (Phi) is 3.94. The summed E-state index contributed by atoms with van der Waals surface area (Å²) in [6, 6.07) is 8.66. The SMILES string of the molecule is Cc1cnc(C)c(N2CCN(Cc3cccc4cc[nH]c34)CC2)n1. The van der Waals surface area contributed by atoms with E-state index in [-0.39, 0.29) is 0 Å². The molecule has 3 heterocycles. The van der Waals surface area contributed by atoms with E-state index in [9.17, 15) is 0 Å². The molecule has 0 bridgehead atoms. The maximum atomic E-state index is 4.68. The molecule has 24 heavy (non-hydrogen) atoms. The van der Waals surface area contributed by atoms with Crippen LogP contribution in [0.1, 0.15) is 17.0 Å². The first-order valence-corrected chi connectivity index (χ1v) is 8.53. The number of nitrogens with zero attached hydrogens (tertiary/aromatic N) is 4. The molecule has 0 spiro atoms. The Balaban J connectivity index is 1.45. The van der Waals surface area contributed by atoms with E-state index in [1.807, 2.05) is 26.2 Å². The zero-order valence-electron chi connectivity index (χ0n) is 14.3.